The van der Waals surface area contributed by atoms with Gasteiger partial charge in [-0.25, -0.2) is 13.1 Å². The molecule has 1 N–H and O–H groups in total. The molecule has 1 heterocycles. The van der Waals surface area contributed by atoms with Gasteiger partial charge in [-0.15, -0.1) is 0 Å². The Hall–Kier alpha value is -2.74. The number of aryl methyl sites for hydroxylation is 1. The molecule has 6 nitrogen and oxygen atoms in total. The van der Waals surface area contributed by atoms with Gasteiger partial charge in [0.25, 0.3) is 0 Å². The molecular weight excluding hydrogens is 412 g/mol. The number of nitrogens with one attached hydrogen (secondary N) is 1. The zero-order chi connectivity index (χ0) is 22.5. The first-order valence-electron chi connectivity index (χ1n) is 10.0. The van der Waals surface area contributed by atoms with Gasteiger partial charge in [0.15, 0.2) is 0 Å². The molecule has 0 radical (unpaired) electrons. The molecule has 3 aromatic rings. The van der Waals surface area contributed by atoms with Crippen LogP contribution in [0, 0.1) is 6.92 Å². The Labute approximate surface area is 184 Å². The van der Waals surface area contributed by atoms with Crippen LogP contribution >= 0.6 is 0 Å². The van der Waals surface area contributed by atoms with E-state index < -0.39 is 15.6 Å². The monoisotopic (exact) mass is 440 g/mol. The Morgan fingerprint density at radius 3 is 2.55 bits per heavy atom. The average molecular weight is 441 g/mol. The number of ether oxygens (including phenoxy) is 2. The Balaban J connectivity index is 1.91. The van der Waals surface area contributed by atoms with Gasteiger partial charge in [-0.05, 0) is 61.7 Å². The third-order valence-corrected chi connectivity index (χ3v) is 6.57. The van der Waals surface area contributed by atoms with Crippen molar-refractivity contribution >= 4 is 10.0 Å². The SMILES string of the molecule is COCCOc1cnccc1-c1cccc(C(C)(C)NS(=O)(=O)c2cccc(C)c2)c1. The van der Waals surface area contributed by atoms with E-state index in [1.807, 2.05) is 57.2 Å². The van der Waals surface area contributed by atoms with Gasteiger partial charge in [-0.2, -0.15) is 0 Å². The molecule has 164 valence electrons. The lowest BCUT2D eigenvalue weighted by molar-refractivity contribution is 0.146. The highest BCUT2D eigenvalue weighted by Crippen LogP contribution is 2.32. The summed E-state index contributed by atoms with van der Waals surface area (Å²) in [6.07, 6.45) is 3.38. The number of aromatic nitrogens is 1. The summed E-state index contributed by atoms with van der Waals surface area (Å²) in [6.45, 7) is 6.46. The molecule has 0 aliphatic rings. The Bertz CT molecular complexity index is 1140. The summed E-state index contributed by atoms with van der Waals surface area (Å²) in [6, 6.07) is 16.5. The largest absolute Gasteiger partial charge is 0.489 e. The zero-order valence-corrected chi connectivity index (χ0v) is 19.1. The summed E-state index contributed by atoms with van der Waals surface area (Å²) in [7, 11) is -2.07. The molecule has 0 bridgehead atoms. The minimum Gasteiger partial charge on any atom is -0.489 e. The molecule has 0 amide bonds. The lowest BCUT2D eigenvalue weighted by atomic mass is 9.92. The van der Waals surface area contributed by atoms with Crippen LogP contribution in [0.5, 0.6) is 5.75 Å². The minimum atomic E-state index is -3.69. The fourth-order valence-corrected chi connectivity index (χ4v) is 4.79. The zero-order valence-electron chi connectivity index (χ0n) is 18.3. The highest BCUT2D eigenvalue weighted by Gasteiger charge is 2.28. The maximum absolute atomic E-state index is 13.0. The maximum Gasteiger partial charge on any atom is 0.241 e. The van der Waals surface area contributed by atoms with Gasteiger partial charge in [0, 0.05) is 18.9 Å². The molecule has 0 fully saturated rings. The van der Waals surface area contributed by atoms with Crippen molar-refractivity contribution in [2.24, 2.45) is 0 Å². The van der Waals surface area contributed by atoms with Gasteiger partial charge in [0.05, 0.1) is 23.2 Å². The van der Waals surface area contributed by atoms with Crippen LogP contribution in [-0.4, -0.2) is 33.7 Å². The molecule has 7 heteroatoms. The Morgan fingerprint density at radius 2 is 1.81 bits per heavy atom. The standard InChI is InChI=1S/C24H28N2O4S/c1-18-7-5-10-21(15-18)31(27,28)26-24(2,3)20-9-6-8-19(16-20)22-11-12-25-17-23(22)30-14-13-29-4/h5-12,15-17,26H,13-14H2,1-4H3. The van der Waals surface area contributed by atoms with Crippen LogP contribution in [0.3, 0.4) is 0 Å². The van der Waals surface area contributed by atoms with E-state index in [4.69, 9.17) is 9.47 Å². The topological polar surface area (TPSA) is 77.5 Å². The van der Waals surface area contributed by atoms with Crippen molar-refractivity contribution in [3.63, 3.8) is 0 Å². The van der Waals surface area contributed by atoms with Crippen molar-refractivity contribution in [2.75, 3.05) is 20.3 Å². The number of benzene rings is 2. The highest BCUT2D eigenvalue weighted by molar-refractivity contribution is 7.89. The van der Waals surface area contributed by atoms with Crippen LogP contribution in [-0.2, 0) is 20.3 Å². The molecule has 31 heavy (non-hydrogen) atoms. The van der Waals surface area contributed by atoms with Gasteiger partial charge >= 0.3 is 0 Å². The van der Waals surface area contributed by atoms with Crippen LogP contribution < -0.4 is 9.46 Å². The summed E-state index contributed by atoms with van der Waals surface area (Å²) >= 11 is 0. The van der Waals surface area contributed by atoms with Crippen molar-refractivity contribution in [3.05, 3.63) is 78.1 Å². The molecule has 0 aliphatic heterocycles. The quantitative estimate of drug-likeness (QED) is 0.502. The first kappa shape index (κ1) is 22.9. The molecule has 0 saturated heterocycles. The van der Waals surface area contributed by atoms with Crippen LogP contribution in [0.15, 0.2) is 71.9 Å². The van der Waals surface area contributed by atoms with Gasteiger partial charge in [0.1, 0.15) is 12.4 Å². The number of sulfonamides is 1. The van der Waals surface area contributed by atoms with E-state index in [1.54, 1.807) is 37.7 Å². The highest BCUT2D eigenvalue weighted by atomic mass is 32.2. The van der Waals surface area contributed by atoms with E-state index in [0.29, 0.717) is 19.0 Å². The number of methoxy groups -OCH3 is 1. The number of hydrogen-bond acceptors (Lipinski definition) is 5. The van der Waals surface area contributed by atoms with Crippen molar-refractivity contribution < 1.29 is 17.9 Å². The van der Waals surface area contributed by atoms with Crippen LogP contribution in [0.4, 0.5) is 0 Å². The van der Waals surface area contributed by atoms with Crippen molar-refractivity contribution in [1.29, 1.82) is 0 Å². The van der Waals surface area contributed by atoms with Crippen molar-refractivity contribution in [3.8, 4) is 16.9 Å². The molecule has 3 rings (SSSR count). The minimum absolute atomic E-state index is 0.250. The van der Waals surface area contributed by atoms with Crippen LogP contribution in [0.2, 0.25) is 0 Å². The third kappa shape index (κ3) is 5.70. The Kier molecular flexibility index (Phi) is 7.10. The number of pyridine rings is 1. The molecule has 0 saturated carbocycles. The predicted octanol–water partition coefficient (Wildman–Crippen LogP) is 4.30. The van der Waals surface area contributed by atoms with Gasteiger partial charge in [-0.1, -0.05) is 30.3 Å². The summed E-state index contributed by atoms with van der Waals surface area (Å²) in [5.41, 5.74) is 2.69. The van der Waals surface area contributed by atoms with Gasteiger partial charge < -0.3 is 9.47 Å². The summed E-state index contributed by atoms with van der Waals surface area (Å²) < 4.78 is 39.7. The second kappa shape index (κ2) is 9.60. The molecule has 1 aromatic heterocycles. The normalized spacial score (nSPS) is 12.0. The molecule has 0 spiro atoms. The van der Waals surface area contributed by atoms with Crippen LogP contribution in [0.1, 0.15) is 25.0 Å². The molecule has 0 unspecified atom stereocenters. The van der Waals surface area contributed by atoms with E-state index in [-0.39, 0.29) is 4.90 Å². The van der Waals surface area contributed by atoms with Crippen molar-refractivity contribution in [2.45, 2.75) is 31.2 Å². The number of rotatable bonds is 9. The summed E-state index contributed by atoms with van der Waals surface area (Å²) in [5, 5.41) is 0. The first-order valence-corrected chi connectivity index (χ1v) is 11.5. The summed E-state index contributed by atoms with van der Waals surface area (Å²) in [4.78, 5) is 4.40. The van der Waals surface area contributed by atoms with E-state index in [2.05, 4.69) is 9.71 Å². The van der Waals surface area contributed by atoms with Crippen LogP contribution in [0.25, 0.3) is 11.1 Å². The Morgan fingerprint density at radius 1 is 1.03 bits per heavy atom. The van der Waals surface area contributed by atoms with Gasteiger partial charge in [-0.3, -0.25) is 4.98 Å². The maximum atomic E-state index is 13.0. The molecule has 0 atom stereocenters. The third-order valence-electron chi connectivity index (χ3n) is 4.91. The van der Waals surface area contributed by atoms with Gasteiger partial charge in [0.2, 0.25) is 10.0 Å². The first-order chi connectivity index (χ1) is 14.7. The predicted molar refractivity (Wildman–Crippen MR) is 122 cm³/mol. The van der Waals surface area contributed by atoms with E-state index in [0.717, 1.165) is 22.3 Å². The second-order valence-corrected chi connectivity index (χ2v) is 9.52. The van der Waals surface area contributed by atoms with E-state index in [1.165, 1.54) is 0 Å². The van der Waals surface area contributed by atoms with Crippen molar-refractivity contribution in [1.82, 2.24) is 9.71 Å². The lowest BCUT2D eigenvalue weighted by Crippen LogP contribution is -2.40. The van der Waals surface area contributed by atoms with E-state index >= 15 is 0 Å². The fraction of sp³-hybridized carbons (Fsp3) is 0.292. The molecular formula is C24H28N2O4S. The van der Waals surface area contributed by atoms with E-state index in [9.17, 15) is 8.42 Å². The second-order valence-electron chi connectivity index (χ2n) is 7.84. The number of hydrogen-bond donors (Lipinski definition) is 1. The smallest absolute Gasteiger partial charge is 0.241 e. The molecule has 2 aromatic carbocycles. The summed E-state index contributed by atoms with van der Waals surface area (Å²) in [5.74, 6) is 0.648. The average Bonchev–Trinajstić information content (AvgIpc) is 2.74. The fourth-order valence-electron chi connectivity index (χ4n) is 3.28. The molecule has 0 aliphatic carbocycles. The lowest BCUT2D eigenvalue weighted by Gasteiger charge is -2.27. The number of nitrogens with zero attached hydrogens (tertiary/aromatic N) is 1.